The lowest BCUT2D eigenvalue weighted by molar-refractivity contribution is -0.141. The predicted octanol–water partition coefficient (Wildman–Crippen LogP) is 1.82. The molecule has 5 nitrogen and oxygen atoms in total. The highest BCUT2D eigenvalue weighted by molar-refractivity contribution is 5.99. The molecule has 0 saturated heterocycles. The molecule has 108 valence electrons. The average molecular weight is 277 g/mol. The summed E-state index contributed by atoms with van der Waals surface area (Å²) in [5.74, 6) is -1.53. The van der Waals surface area contributed by atoms with Gasteiger partial charge in [0.15, 0.2) is 0 Å². The molecule has 1 aliphatic rings. The van der Waals surface area contributed by atoms with E-state index in [0.29, 0.717) is 0 Å². The van der Waals surface area contributed by atoms with E-state index in [1.54, 1.807) is 6.07 Å². The standard InChI is InChI=1S/C15H19NO4/c1-9(15(19)20)16(2)14(18)12-8-7-10-5-3-4-6-11(10)13(12)17/h7-9,17H,3-6H2,1-2H3,(H,19,20). The number of rotatable bonds is 3. The van der Waals surface area contributed by atoms with Crippen molar-refractivity contribution in [2.24, 2.45) is 0 Å². The molecule has 0 aliphatic heterocycles. The number of carboxylic acid groups (broad SMARTS) is 1. The highest BCUT2D eigenvalue weighted by Crippen LogP contribution is 2.32. The Kier molecular flexibility index (Phi) is 3.97. The number of nitrogens with zero attached hydrogens (tertiary/aromatic N) is 1. The predicted molar refractivity (Wildman–Crippen MR) is 73.9 cm³/mol. The summed E-state index contributed by atoms with van der Waals surface area (Å²) < 4.78 is 0. The number of hydrogen-bond donors (Lipinski definition) is 2. The zero-order chi connectivity index (χ0) is 14.9. The molecule has 2 rings (SSSR count). The topological polar surface area (TPSA) is 77.8 Å². The first kappa shape index (κ1) is 14.4. The lowest BCUT2D eigenvalue weighted by Crippen LogP contribution is -2.40. The van der Waals surface area contributed by atoms with Crippen LogP contribution >= 0.6 is 0 Å². The van der Waals surface area contributed by atoms with Crippen molar-refractivity contribution in [3.05, 3.63) is 28.8 Å². The van der Waals surface area contributed by atoms with Crippen molar-refractivity contribution < 1.29 is 19.8 Å². The SMILES string of the molecule is CC(C(=O)O)N(C)C(=O)c1ccc2c(c1O)CCCC2. The van der Waals surface area contributed by atoms with Crippen LogP contribution in [0, 0.1) is 0 Å². The molecule has 20 heavy (non-hydrogen) atoms. The first-order valence-electron chi connectivity index (χ1n) is 6.77. The number of carbonyl (C=O) groups excluding carboxylic acids is 1. The van der Waals surface area contributed by atoms with E-state index in [-0.39, 0.29) is 11.3 Å². The summed E-state index contributed by atoms with van der Waals surface area (Å²) in [6.45, 7) is 1.44. The molecule has 2 N–H and O–H groups in total. The largest absolute Gasteiger partial charge is 0.507 e. The molecule has 0 heterocycles. The summed E-state index contributed by atoms with van der Waals surface area (Å²) in [5, 5.41) is 19.2. The van der Waals surface area contributed by atoms with Gasteiger partial charge in [0.1, 0.15) is 11.8 Å². The number of carbonyl (C=O) groups is 2. The van der Waals surface area contributed by atoms with Gasteiger partial charge in [0.25, 0.3) is 5.91 Å². The highest BCUT2D eigenvalue weighted by atomic mass is 16.4. The minimum atomic E-state index is -1.07. The first-order chi connectivity index (χ1) is 9.43. The van der Waals surface area contributed by atoms with Crippen LogP contribution < -0.4 is 0 Å². The van der Waals surface area contributed by atoms with Gasteiger partial charge < -0.3 is 15.1 Å². The van der Waals surface area contributed by atoms with Gasteiger partial charge in [0, 0.05) is 7.05 Å². The fourth-order valence-electron chi connectivity index (χ4n) is 2.51. The molecular formula is C15H19NO4. The van der Waals surface area contributed by atoms with E-state index >= 15 is 0 Å². The summed E-state index contributed by atoms with van der Waals surface area (Å²) in [5.41, 5.74) is 2.10. The van der Waals surface area contributed by atoms with Crippen molar-refractivity contribution >= 4 is 11.9 Å². The fraction of sp³-hybridized carbons (Fsp3) is 0.467. The Morgan fingerprint density at radius 3 is 2.55 bits per heavy atom. The van der Waals surface area contributed by atoms with Crippen LogP contribution in [0.3, 0.4) is 0 Å². The van der Waals surface area contributed by atoms with E-state index in [2.05, 4.69) is 0 Å². The van der Waals surface area contributed by atoms with Crippen molar-refractivity contribution in [1.29, 1.82) is 0 Å². The number of aliphatic carboxylic acids is 1. The third-order valence-corrected chi connectivity index (χ3v) is 3.99. The molecule has 1 aromatic rings. The van der Waals surface area contributed by atoms with Crippen molar-refractivity contribution in [2.75, 3.05) is 7.05 Å². The number of benzene rings is 1. The number of amides is 1. The quantitative estimate of drug-likeness (QED) is 0.883. The summed E-state index contributed by atoms with van der Waals surface area (Å²) in [6.07, 6.45) is 3.77. The third-order valence-electron chi connectivity index (χ3n) is 3.99. The number of phenols is 1. The Labute approximate surface area is 117 Å². The minimum Gasteiger partial charge on any atom is -0.507 e. The number of hydrogen-bond acceptors (Lipinski definition) is 3. The van der Waals surface area contributed by atoms with Gasteiger partial charge in [0.2, 0.25) is 0 Å². The average Bonchev–Trinajstić information content (AvgIpc) is 2.45. The zero-order valence-corrected chi connectivity index (χ0v) is 11.7. The van der Waals surface area contributed by atoms with Crippen molar-refractivity contribution in [3.8, 4) is 5.75 Å². The molecular weight excluding hydrogens is 258 g/mol. The van der Waals surface area contributed by atoms with E-state index in [9.17, 15) is 14.7 Å². The number of likely N-dealkylation sites (N-methyl/N-ethyl adjacent to an activating group) is 1. The molecule has 1 aliphatic carbocycles. The molecule has 1 atom stereocenters. The van der Waals surface area contributed by atoms with Gasteiger partial charge >= 0.3 is 5.97 Å². The van der Waals surface area contributed by atoms with Gasteiger partial charge in [0.05, 0.1) is 5.56 Å². The van der Waals surface area contributed by atoms with Crippen molar-refractivity contribution in [3.63, 3.8) is 0 Å². The normalized spacial score (nSPS) is 15.3. The van der Waals surface area contributed by atoms with Gasteiger partial charge in [-0.1, -0.05) is 6.07 Å². The number of aromatic hydroxyl groups is 1. The Morgan fingerprint density at radius 2 is 1.90 bits per heavy atom. The van der Waals surface area contributed by atoms with Crippen LogP contribution in [0.2, 0.25) is 0 Å². The molecule has 1 amide bonds. The number of carboxylic acids is 1. The molecule has 0 aromatic heterocycles. The van der Waals surface area contributed by atoms with E-state index in [0.717, 1.165) is 41.7 Å². The Hall–Kier alpha value is -2.04. The smallest absolute Gasteiger partial charge is 0.326 e. The monoisotopic (exact) mass is 277 g/mol. The third kappa shape index (κ3) is 2.48. The molecule has 0 bridgehead atoms. The van der Waals surface area contributed by atoms with Crippen LogP contribution in [0.4, 0.5) is 0 Å². The van der Waals surface area contributed by atoms with Crippen LogP contribution in [0.5, 0.6) is 5.75 Å². The molecule has 1 aromatic carbocycles. The Bertz CT molecular complexity index is 553. The maximum Gasteiger partial charge on any atom is 0.326 e. The Morgan fingerprint density at radius 1 is 1.25 bits per heavy atom. The van der Waals surface area contributed by atoms with E-state index in [1.807, 2.05) is 6.07 Å². The summed E-state index contributed by atoms with van der Waals surface area (Å²) in [7, 11) is 1.43. The van der Waals surface area contributed by atoms with Crippen LogP contribution in [-0.2, 0) is 17.6 Å². The van der Waals surface area contributed by atoms with E-state index in [1.165, 1.54) is 14.0 Å². The summed E-state index contributed by atoms with van der Waals surface area (Å²) in [6, 6.07) is 2.52. The molecule has 1 unspecified atom stereocenters. The molecule has 5 heteroatoms. The van der Waals surface area contributed by atoms with Gasteiger partial charge in [-0.05, 0) is 49.8 Å². The first-order valence-corrected chi connectivity index (χ1v) is 6.77. The van der Waals surface area contributed by atoms with Crippen molar-refractivity contribution in [1.82, 2.24) is 4.90 Å². The molecule has 0 radical (unpaired) electrons. The zero-order valence-electron chi connectivity index (χ0n) is 11.7. The second kappa shape index (κ2) is 5.53. The summed E-state index contributed by atoms with van der Waals surface area (Å²) >= 11 is 0. The molecule has 0 saturated carbocycles. The van der Waals surface area contributed by atoms with Gasteiger partial charge in [-0.15, -0.1) is 0 Å². The van der Waals surface area contributed by atoms with Crippen LogP contribution in [-0.4, -0.2) is 40.1 Å². The maximum atomic E-state index is 12.3. The molecule has 0 fully saturated rings. The van der Waals surface area contributed by atoms with Gasteiger partial charge in [-0.2, -0.15) is 0 Å². The van der Waals surface area contributed by atoms with E-state index in [4.69, 9.17) is 5.11 Å². The van der Waals surface area contributed by atoms with Gasteiger partial charge in [-0.3, -0.25) is 4.79 Å². The molecule has 0 spiro atoms. The van der Waals surface area contributed by atoms with Crippen LogP contribution in [0.1, 0.15) is 41.3 Å². The van der Waals surface area contributed by atoms with Crippen LogP contribution in [0.25, 0.3) is 0 Å². The fourth-order valence-corrected chi connectivity index (χ4v) is 2.51. The number of aryl methyl sites for hydroxylation is 1. The van der Waals surface area contributed by atoms with Crippen LogP contribution in [0.15, 0.2) is 12.1 Å². The number of fused-ring (bicyclic) bond motifs is 1. The van der Waals surface area contributed by atoms with E-state index < -0.39 is 17.9 Å². The summed E-state index contributed by atoms with van der Waals surface area (Å²) in [4.78, 5) is 24.4. The number of phenolic OH excluding ortho intramolecular Hbond substituents is 1. The second-order valence-electron chi connectivity index (χ2n) is 5.24. The lowest BCUT2D eigenvalue weighted by Gasteiger charge is -2.24. The maximum absolute atomic E-state index is 12.3. The lowest BCUT2D eigenvalue weighted by atomic mass is 9.89. The Balaban J connectivity index is 2.33. The highest BCUT2D eigenvalue weighted by Gasteiger charge is 2.26. The van der Waals surface area contributed by atoms with Gasteiger partial charge in [-0.25, -0.2) is 4.79 Å². The van der Waals surface area contributed by atoms with Crippen molar-refractivity contribution in [2.45, 2.75) is 38.6 Å². The second-order valence-corrected chi connectivity index (χ2v) is 5.24. The minimum absolute atomic E-state index is 0.0108.